The van der Waals surface area contributed by atoms with E-state index in [1.54, 1.807) is 12.5 Å². The first kappa shape index (κ1) is 11.7. The van der Waals surface area contributed by atoms with Crippen molar-refractivity contribution in [2.24, 2.45) is 0 Å². The van der Waals surface area contributed by atoms with Crippen LogP contribution >= 0.6 is 0 Å². The van der Waals surface area contributed by atoms with E-state index in [1.165, 1.54) is 0 Å². The van der Waals surface area contributed by atoms with Crippen molar-refractivity contribution in [3.8, 4) is 22.6 Å². The van der Waals surface area contributed by atoms with Gasteiger partial charge in [0.05, 0.1) is 11.1 Å². The van der Waals surface area contributed by atoms with E-state index in [0.29, 0.717) is 16.9 Å². The predicted molar refractivity (Wildman–Crippen MR) is 78.3 cm³/mol. The fourth-order valence-corrected chi connectivity index (χ4v) is 2.26. The number of nitrogens with zero attached hydrogens (tertiary/aromatic N) is 4. The summed E-state index contributed by atoms with van der Waals surface area (Å²) in [5.41, 5.74) is 3.77. The molecule has 0 saturated carbocycles. The van der Waals surface area contributed by atoms with Crippen LogP contribution in [0.5, 0.6) is 0 Å². The van der Waals surface area contributed by atoms with E-state index < -0.39 is 0 Å². The molecule has 0 aliphatic rings. The van der Waals surface area contributed by atoms with Crippen molar-refractivity contribution in [1.82, 2.24) is 20.3 Å². The second kappa shape index (κ2) is 4.79. The van der Waals surface area contributed by atoms with Crippen molar-refractivity contribution in [2.75, 3.05) is 0 Å². The molecule has 0 fully saturated rings. The zero-order chi connectivity index (χ0) is 14.1. The highest BCUT2D eigenvalue weighted by Gasteiger charge is 2.16. The molecule has 0 bridgehead atoms. The van der Waals surface area contributed by atoms with E-state index in [0.717, 1.165) is 16.6 Å². The van der Waals surface area contributed by atoms with Crippen LogP contribution in [0.25, 0.3) is 33.5 Å². The maximum absolute atomic E-state index is 5.13. The molecule has 4 rings (SSSR count). The van der Waals surface area contributed by atoms with Crippen molar-refractivity contribution in [3.63, 3.8) is 0 Å². The Bertz CT molecular complexity index is 814. The smallest absolute Gasteiger partial charge is 0.144 e. The van der Waals surface area contributed by atoms with Crippen LogP contribution in [0, 0.1) is 0 Å². The maximum Gasteiger partial charge on any atom is 0.144 e. The Balaban J connectivity index is 1.97. The van der Waals surface area contributed by atoms with Gasteiger partial charge in [-0.25, -0.2) is 0 Å². The van der Waals surface area contributed by atoms with E-state index in [4.69, 9.17) is 4.52 Å². The molecule has 1 aromatic carbocycles. The Morgan fingerprint density at radius 1 is 0.810 bits per heavy atom. The molecule has 0 spiro atoms. The first-order chi connectivity index (χ1) is 10.4. The molecule has 0 unspecified atom stereocenters. The van der Waals surface area contributed by atoms with Crippen LogP contribution < -0.4 is 0 Å². The molecular formula is C16H10N4O. The third-order valence-electron chi connectivity index (χ3n) is 3.25. The second-order valence-electron chi connectivity index (χ2n) is 4.56. The number of benzene rings is 1. The predicted octanol–water partition coefficient (Wildman–Crippen LogP) is 3.35. The Hall–Kier alpha value is -3.08. The SMILES string of the molecule is c1ccc(-c2nnc(-c3ccccn3)c3conc23)cc1. The summed E-state index contributed by atoms with van der Waals surface area (Å²) >= 11 is 0. The van der Waals surface area contributed by atoms with E-state index in [1.807, 2.05) is 48.5 Å². The van der Waals surface area contributed by atoms with Crippen molar-refractivity contribution in [2.45, 2.75) is 0 Å². The Morgan fingerprint density at radius 3 is 2.43 bits per heavy atom. The lowest BCUT2D eigenvalue weighted by Crippen LogP contribution is -1.94. The first-order valence-corrected chi connectivity index (χ1v) is 6.51. The summed E-state index contributed by atoms with van der Waals surface area (Å²) in [6.07, 6.45) is 3.31. The summed E-state index contributed by atoms with van der Waals surface area (Å²) in [5.74, 6) is 0. The van der Waals surface area contributed by atoms with Gasteiger partial charge in [-0.1, -0.05) is 41.6 Å². The van der Waals surface area contributed by atoms with Crippen LogP contribution in [-0.2, 0) is 0 Å². The van der Waals surface area contributed by atoms with E-state index in [9.17, 15) is 0 Å². The van der Waals surface area contributed by atoms with Crippen LogP contribution in [0.2, 0.25) is 0 Å². The van der Waals surface area contributed by atoms with Gasteiger partial charge in [0, 0.05) is 11.8 Å². The molecule has 3 heterocycles. The molecule has 5 heteroatoms. The van der Waals surface area contributed by atoms with Gasteiger partial charge in [0.2, 0.25) is 0 Å². The summed E-state index contributed by atoms with van der Waals surface area (Å²) in [7, 11) is 0. The van der Waals surface area contributed by atoms with Gasteiger partial charge in [-0.05, 0) is 12.1 Å². The van der Waals surface area contributed by atoms with Crippen LogP contribution in [0.3, 0.4) is 0 Å². The number of hydrogen-bond acceptors (Lipinski definition) is 5. The largest absolute Gasteiger partial charge is 0.363 e. The summed E-state index contributed by atoms with van der Waals surface area (Å²) < 4.78 is 5.13. The van der Waals surface area contributed by atoms with Crippen molar-refractivity contribution >= 4 is 10.9 Å². The number of pyridine rings is 1. The molecule has 3 aromatic heterocycles. The Kier molecular flexibility index (Phi) is 2.67. The van der Waals surface area contributed by atoms with Crippen LogP contribution in [0.4, 0.5) is 0 Å². The monoisotopic (exact) mass is 274 g/mol. The number of aromatic nitrogens is 4. The normalized spacial score (nSPS) is 10.9. The van der Waals surface area contributed by atoms with Gasteiger partial charge >= 0.3 is 0 Å². The molecule has 0 aliphatic carbocycles. The molecule has 0 saturated heterocycles. The van der Waals surface area contributed by atoms with Gasteiger partial charge < -0.3 is 4.52 Å². The number of rotatable bonds is 2. The highest BCUT2D eigenvalue weighted by atomic mass is 16.5. The van der Waals surface area contributed by atoms with E-state index in [2.05, 4.69) is 20.3 Å². The second-order valence-corrected chi connectivity index (χ2v) is 4.56. The van der Waals surface area contributed by atoms with Crippen molar-refractivity contribution in [3.05, 3.63) is 61.0 Å². The van der Waals surface area contributed by atoms with Gasteiger partial charge in [0.1, 0.15) is 23.2 Å². The van der Waals surface area contributed by atoms with Crippen LogP contribution in [0.15, 0.2) is 65.5 Å². The van der Waals surface area contributed by atoms with Crippen LogP contribution in [0.1, 0.15) is 0 Å². The molecule has 5 nitrogen and oxygen atoms in total. The standard InChI is InChI=1S/C16H10N4O/c1-2-6-11(7-3-1)14-16-12(10-21-20-16)15(19-18-14)13-8-4-5-9-17-13/h1-10H. The summed E-state index contributed by atoms with van der Waals surface area (Å²) in [6, 6.07) is 15.5. The minimum Gasteiger partial charge on any atom is -0.363 e. The third kappa shape index (κ3) is 1.95. The van der Waals surface area contributed by atoms with Gasteiger partial charge in [0.15, 0.2) is 0 Å². The van der Waals surface area contributed by atoms with Crippen molar-refractivity contribution in [1.29, 1.82) is 0 Å². The van der Waals surface area contributed by atoms with Crippen LogP contribution in [-0.4, -0.2) is 20.3 Å². The Morgan fingerprint density at radius 2 is 1.62 bits per heavy atom. The fourth-order valence-electron chi connectivity index (χ4n) is 2.26. The number of hydrogen-bond donors (Lipinski definition) is 0. The lowest BCUT2D eigenvalue weighted by atomic mass is 10.1. The molecule has 21 heavy (non-hydrogen) atoms. The topological polar surface area (TPSA) is 64.7 Å². The average Bonchev–Trinajstić information content (AvgIpc) is 3.05. The van der Waals surface area contributed by atoms with E-state index in [-0.39, 0.29) is 0 Å². The fraction of sp³-hybridized carbons (Fsp3) is 0. The minimum absolute atomic E-state index is 0.673. The maximum atomic E-state index is 5.13. The summed E-state index contributed by atoms with van der Waals surface area (Å²) in [4.78, 5) is 4.31. The highest BCUT2D eigenvalue weighted by Crippen LogP contribution is 2.30. The van der Waals surface area contributed by atoms with E-state index >= 15 is 0 Å². The molecule has 0 radical (unpaired) electrons. The lowest BCUT2D eigenvalue weighted by Gasteiger charge is -2.03. The van der Waals surface area contributed by atoms with Gasteiger partial charge in [-0.3, -0.25) is 4.98 Å². The quantitative estimate of drug-likeness (QED) is 0.561. The molecular weight excluding hydrogens is 264 g/mol. The first-order valence-electron chi connectivity index (χ1n) is 6.51. The third-order valence-corrected chi connectivity index (χ3v) is 3.25. The molecule has 0 aliphatic heterocycles. The summed E-state index contributed by atoms with van der Waals surface area (Å²) in [6.45, 7) is 0. The molecule has 0 N–H and O–H groups in total. The minimum atomic E-state index is 0.673. The lowest BCUT2D eigenvalue weighted by molar-refractivity contribution is 0.428. The molecule has 100 valence electrons. The highest BCUT2D eigenvalue weighted by molar-refractivity contribution is 5.97. The van der Waals surface area contributed by atoms with Gasteiger partial charge in [-0.15, -0.1) is 10.2 Å². The Labute approximate surface area is 120 Å². The zero-order valence-electron chi connectivity index (χ0n) is 11.0. The van der Waals surface area contributed by atoms with Gasteiger partial charge in [-0.2, -0.15) is 0 Å². The number of fused-ring (bicyclic) bond motifs is 1. The van der Waals surface area contributed by atoms with Crippen molar-refractivity contribution < 1.29 is 4.52 Å². The average molecular weight is 274 g/mol. The zero-order valence-corrected chi connectivity index (χ0v) is 11.0. The van der Waals surface area contributed by atoms with Gasteiger partial charge in [0.25, 0.3) is 0 Å². The molecule has 0 amide bonds. The molecule has 4 aromatic rings. The summed E-state index contributed by atoms with van der Waals surface area (Å²) in [5, 5.41) is 13.5. The molecule has 0 atom stereocenters.